The minimum Gasteiger partial charge on any atom is -0.304 e. The summed E-state index contributed by atoms with van der Waals surface area (Å²) >= 11 is 0. The molecule has 84 valence electrons. The van der Waals surface area contributed by atoms with Crippen molar-refractivity contribution in [3.05, 3.63) is 66.2 Å². The number of hydrogen-bond donors (Lipinski definition) is 0. The Morgan fingerprint density at radius 3 is 2.06 bits per heavy atom. The van der Waals surface area contributed by atoms with Crippen molar-refractivity contribution in [2.45, 2.75) is 12.5 Å². The predicted octanol–water partition coefficient (Wildman–Crippen LogP) is 3.16. The van der Waals surface area contributed by atoms with Gasteiger partial charge in [0.2, 0.25) is 5.91 Å². The van der Waals surface area contributed by atoms with E-state index in [1.807, 2.05) is 53.4 Å². The maximum atomic E-state index is 11.7. The molecule has 1 fully saturated rings. The van der Waals surface area contributed by atoms with Crippen molar-refractivity contribution < 1.29 is 4.79 Å². The van der Waals surface area contributed by atoms with E-state index in [0.29, 0.717) is 6.42 Å². The minimum atomic E-state index is 0.199. The van der Waals surface area contributed by atoms with Crippen LogP contribution in [0.25, 0.3) is 0 Å². The lowest BCUT2D eigenvalue weighted by molar-refractivity contribution is -0.124. The number of amides is 1. The van der Waals surface area contributed by atoms with Crippen molar-refractivity contribution >= 4 is 11.6 Å². The van der Waals surface area contributed by atoms with E-state index in [9.17, 15) is 4.79 Å². The summed E-state index contributed by atoms with van der Waals surface area (Å²) in [7, 11) is 0. The zero-order valence-electron chi connectivity index (χ0n) is 9.41. The van der Waals surface area contributed by atoms with Crippen LogP contribution in [0.15, 0.2) is 60.7 Å². The Morgan fingerprint density at radius 1 is 0.882 bits per heavy atom. The van der Waals surface area contributed by atoms with Crippen LogP contribution in [0.1, 0.15) is 18.0 Å². The molecule has 0 bridgehead atoms. The first-order valence-corrected chi connectivity index (χ1v) is 5.78. The SMILES string of the molecule is O=C1C[C@@H](c2ccccc2)N1c1ccccc1. The van der Waals surface area contributed by atoms with Gasteiger partial charge in [-0.2, -0.15) is 0 Å². The first kappa shape index (κ1) is 10.1. The van der Waals surface area contributed by atoms with Gasteiger partial charge in [0, 0.05) is 5.69 Å². The van der Waals surface area contributed by atoms with Gasteiger partial charge in [-0.1, -0.05) is 48.5 Å². The monoisotopic (exact) mass is 223 g/mol. The standard InChI is InChI=1S/C15H13NO/c17-15-11-14(12-7-3-1-4-8-12)16(15)13-9-5-2-6-10-13/h1-10,14H,11H2/t14-/m0/s1. The molecule has 2 aromatic rings. The van der Waals surface area contributed by atoms with Crippen LogP contribution in [-0.4, -0.2) is 5.91 Å². The molecule has 1 aliphatic rings. The average Bonchev–Trinajstić information content (AvgIpc) is 2.38. The Balaban J connectivity index is 1.92. The second-order valence-corrected chi connectivity index (χ2v) is 4.23. The van der Waals surface area contributed by atoms with Crippen LogP contribution in [0.5, 0.6) is 0 Å². The third-order valence-corrected chi connectivity index (χ3v) is 3.17. The third kappa shape index (κ3) is 1.72. The van der Waals surface area contributed by atoms with Crippen LogP contribution in [0, 0.1) is 0 Å². The van der Waals surface area contributed by atoms with E-state index in [4.69, 9.17) is 0 Å². The lowest BCUT2D eigenvalue weighted by Crippen LogP contribution is -2.46. The number of rotatable bonds is 2. The quantitative estimate of drug-likeness (QED) is 0.716. The smallest absolute Gasteiger partial charge is 0.230 e. The number of β-lactam (4-membered cyclic amide) rings is 1. The fraction of sp³-hybridized carbons (Fsp3) is 0.133. The fourth-order valence-corrected chi connectivity index (χ4v) is 2.27. The molecular formula is C15H13NO. The molecular weight excluding hydrogens is 210 g/mol. The molecule has 2 heteroatoms. The molecule has 0 saturated carbocycles. The number of anilines is 1. The summed E-state index contributed by atoms with van der Waals surface area (Å²) in [6, 6.07) is 20.2. The van der Waals surface area contributed by atoms with E-state index >= 15 is 0 Å². The molecule has 0 aromatic heterocycles. The lowest BCUT2D eigenvalue weighted by Gasteiger charge is -2.40. The van der Waals surface area contributed by atoms with Crippen molar-refractivity contribution in [2.24, 2.45) is 0 Å². The second-order valence-electron chi connectivity index (χ2n) is 4.23. The Kier molecular flexibility index (Phi) is 2.41. The largest absolute Gasteiger partial charge is 0.304 e. The zero-order chi connectivity index (χ0) is 11.7. The van der Waals surface area contributed by atoms with Gasteiger partial charge in [-0.05, 0) is 17.7 Å². The Morgan fingerprint density at radius 2 is 1.47 bits per heavy atom. The van der Waals surface area contributed by atoms with E-state index in [2.05, 4.69) is 12.1 Å². The first-order valence-electron chi connectivity index (χ1n) is 5.78. The number of carbonyl (C=O) groups excluding carboxylic acids is 1. The van der Waals surface area contributed by atoms with Crippen molar-refractivity contribution in [3.8, 4) is 0 Å². The maximum Gasteiger partial charge on any atom is 0.230 e. The lowest BCUT2D eigenvalue weighted by atomic mass is 9.93. The van der Waals surface area contributed by atoms with Crippen molar-refractivity contribution in [3.63, 3.8) is 0 Å². The van der Waals surface area contributed by atoms with Crippen LogP contribution < -0.4 is 4.90 Å². The van der Waals surface area contributed by atoms with Crippen LogP contribution in [0.2, 0.25) is 0 Å². The van der Waals surface area contributed by atoms with Crippen molar-refractivity contribution in [1.29, 1.82) is 0 Å². The van der Waals surface area contributed by atoms with Gasteiger partial charge < -0.3 is 4.90 Å². The predicted molar refractivity (Wildman–Crippen MR) is 67.7 cm³/mol. The maximum absolute atomic E-state index is 11.7. The van der Waals surface area contributed by atoms with Crippen molar-refractivity contribution in [2.75, 3.05) is 4.90 Å². The van der Waals surface area contributed by atoms with Crippen molar-refractivity contribution in [1.82, 2.24) is 0 Å². The van der Waals surface area contributed by atoms with E-state index in [1.54, 1.807) is 0 Å². The molecule has 0 N–H and O–H groups in total. The molecule has 1 amide bonds. The highest BCUT2D eigenvalue weighted by Crippen LogP contribution is 2.38. The molecule has 2 aromatic carbocycles. The highest BCUT2D eigenvalue weighted by molar-refractivity contribution is 6.01. The van der Waals surface area contributed by atoms with Gasteiger partial charge in [0.05, 0.1) is 12.5 Å². The van der Waals surface area contributed by atoms with Crippen LogP contribution in [0.3, 0.4) is 0 Å². The van der Waals surface area contributed by atoms with E-state index < -0.39 is 0 Å². The number of para-hydroxylation sites is 1. The van der Waals surface area contributed by atoms with Crippen LogP contribution in [0.4, 0.5) is 5.69 Å². The highest BCUT2D eigenvalue weighted by atomic mass is 16.2. The molecule has 1 heterocycles. The molecule has 2 nitrogen and oxygen atoms in total. The van der Waals surface area contributed by atoms with Gasteiger partial charge in [-0.25, -0.2) is 0 Å². The number of hydrogen-bond acceptors (Lipinski definition) is 1. The molecule has 1 aliphatic heterocycles. The summed E-state index contributed by atoms with van der Waals surface area (Å²) in [5, 5.41) is 0. The fourth-order valence-electron chi connectivity index (χ4n) is 2.27. The average molecular weight is 223 g/mol. The highest BCUT2D eigenvalue weighted by Gasteiger charge is 2.37. The van der Waals surface area contributed by atoms with Crippen LogP contribution >= 0.6 is 0 Å². The molecule has 1 saturated heterocycles. The Bertz CT molecular complexity index is 521. The van der Waals surface area contributed by atoms with Gasteiger partial charge in [0.1, 0.15) is 0 Å². The topological polar surface area (TPSA) is 20.3 Å². The van der Waals surface area contributed by atoms with Gasteiger partial charge >= 0.3 is 0 Å². The first-order chi connectivity index (χ1) is 8.36. The molecule has 1 atom stereocenters. The van der Waals surface area contributed by atoms with E-state index in [-0.39, 0.29) is 11.9 Å². The molecule has 3 rings (SSSR count). The van der Waals surface area contributed by atoms with Gasteiger partial charge in [0.25, 0.3) is 0 Å². The molecule has 0 radical (unpaired) electrons. The Hall–Kier alpha value is -2.09. The molecule has 0 aliphatic carbocycles. The minimum absolute atomic E-state index is 0.199. The van der Waals surface area contributed by atoms with Crippen LogP contribution in [-0.2, 0) is 4.79 Å². The zero-order valence-corrected chi connectivity index (χ0v) is 9.41. The van der Waals surface area contributed by atoms with E-state index in [1.165, 1.54) is 5.56 Å². The molecule has 0 unspecified atom stereocenters. The summed E-state index contributed by atoms with van der Waals surface area (Å²) in [6.45, 7) is 0. The number of nitrogens with zero attached hydrogens (tertiary/aromatic N) is 1. The summed E-state index contributed by atoms with van der Waals surface area (Å²) in [5.74, 6) is 0.199. The summed E-state index contributed by atoms with van der Waals surface area (Å²) < 4.78 is 0. The summed E-state index contributed by atoms with van der Waals surface area (Å²) in [5.41, 5.74) is 2.19. The third-order valence-electron chi connectivity index (χ3n) is 3.17. The number of benzene rings is 2. The van der Waals surface area contributed by atoms with Gasteiger partial charge in [-0.15, -0.1) is 0 Å². The molecule has 17 heavy (non-hydrogen) atoms. The van der Waals surface area contributed by atoms with Gasteiger partial charge in [-0.3, -0.25) is 4.79 Å². The Labute approximate surface area is 100 Å². The summed E-state index contributed by atoms with van der Waals surface area (Å²) in [6.07, 6.45) is 0.610. The normalized spacial score (nSPS) is 18.9. The van der Waals surface area contributed by atoms with E-state index in [0.717, 1.165) is 5.69 Å². The number of carbonyl (C=O) groups is 1. The second kappa shape index (κ2) is 4.06. The summed E-state index contributed by atoms with van der Waals surface area (Å²) in [4.78, 5) is 13.6. The molecule has 0 spiro atoms. The van der Waals surface area contributed by atoms with Gasteiger partial charge in [0.15, 0.2) is 0 Å².